The number of amidine groups is 1. The monoisotopic (exact) mass is 484 g/mol. The minimum atomic E-state index is -0.996. The van der Waals surface area contributed by atoms with Crippen LogP contribution in [-0.4, -0.2) is 51.4 Å². The van der Waals surface area contributed by atoms with Crippen LogP contribution in [0.1, 0.15) is 68.6 Å². The second kappa shape index (κ2) is 9.36. The van der Waals surface area contributed by atoms with Crippen molar-refractivity contribution in [3.63, 3.8) is 0 Å². The third-order valence-electron chi connectivity index (χ3n) is 8.05. The van der Waals surface area contributed by atoms with Crippen molar-refractivity contribution < 1.29 is 24.2 Å². The van der Waals surface area contributed by atoms with Crippen molar-refractivity contribution >= 4 is 40.5 Å². The molecule has 0 radical (unpaired) electrons. The molecule has 0 spiro atoms. The molecule has 1 aromatic carbocycles. The van der Waals surface area contributed by atoms with Crippen LogP contribution in [0.4, 0.5) is 5.69 Å². The average molecular weight is 485 g/mol. The number of hydrogen-bond acceptors (Lipinski definition) is 6. The summed E-state index contributed by atoms with van der Waals surface area (Å²) in [6, 6.07) is 6.68. The van der Waals surface area contributed by atoms with Crippen LogP contribution in [0.5, 0.6) is 0 Å². The lowest BCUT2D eigenvalue weighted by molar-refractivity contribution is -0.139. The van der Waals surface area contributed by atoms with Crippen molar-refractivity contribution in [3.8, 4) is 0 Å². The summed E-state index contributed by atoms with van der Waals surface area (Å²) >= 11 is 1.15. The third-order valence-corrected chi connectivity index (χ3v) is 9.22. The lowest BCUT2D eigenvalue weighted by Gasteiger charge is -2.57. The molecule has 1 atom stereocenters. The van der Waals surface area contributed by atoms with Crippen LogP contribution >= 0.6 is 11.8 Å². The van der Waals surface area contributed by atoms with Gasteiger partial charge in [-0.15, -0.1) is 0 Å². The van der Waals surface area contributed by atoms with Crippen LogP contribution in [0.15, 0.2) is 29.3 Å². The Morgan fingerprint density at radius 2 is 1.74 bits per heavy atom. The van der Waals surface area contributed by atoms with Crippen molar-refractivity contribution in [1.29, 1.82) is 0 Å². The fraction of sp³-hybridized carbons (Fsp3) is 0.615. The van der Waals surface area contributed by atoms with Gasteiger partial charge in [-0.2, -0.15) is 0 Å². The molecule has 4 saturated carbocycles. The van der Waals surface area contributed by atoms with Gasteiger partial charge in [-0.25, -0.2) is 9.79 Å². The maximum Gasteiger partial charge on any atom is 0.338 e. The van der Waals surface area contributed by atoms with E-state index < -0.39 is 17.2 Å². The van der Waals surface area contributed by atoms with Gasteiger partial charge in [0.2, 0.25) is 5.91 Å². The molecule has 5 aliphatic rings. The number of ether oxygens (including phenoxy) is 1. The van der Waals surface area contributed by atoms with Crippen molar-refractivity contribution in [2.24, 2.45) is 28.2 Å². The van der Waals surface area contributed by atoms with Crippen LogP contribution < -0.4 is 0 Å². The highest BCUT2D eigenvalue weighted by Gasteiger charge is 2.51. The fourth-order valence-electron chi connectivity index (χ4n) is 6.99. The highest BCUT2D eigenvalue weighted by atomic mass is 32.2. The van der Waals surface area contributed by atoms with Crippen LogP contribution in [-0.2, 0) is 14.3 Å². The molecule has 1 saturated heterocycles. The van der Waals surface area contributed by atoms with Crippen LogP contribution in [0.25, 0.3) is 0 Å². The Kier molecular flexibility index (Phi) is 6.44. The van der Waals surface area contributed by atoms with Crippen LogP contribution in [0.2, 0.25) is 0 Å². The number of carbonyl (C=O) groups excluding carboxylic acids is 2. The molecule has 7 nitrogen and oxygen atoms in total. The minimum Gasteiger partial charge on any atom is -0.480 e. The molecule has 4 bridgehead atoms. The first-order chi connectivity index (χ1) is 16.3. The van der Waals surface area contributed by atoms with E-state index in [0.717, 1.165) is 35.9 Å². The summed E-state index contributed by atoms with van der Waals surface area (Å²) in [4.78, 5) is 43.0. The van der Waals surface area contributed by atoms with Crippen LogP contribution in [0, 0.1) is 23.2 Å². The van der Waals surface area contributed by atoms with E-state index in [1.165, 1.54) is 38.5 Å². The minimum absolute atomic E-state index is 0.0122. The second-order valence-electron chi connectivity index (χ2n) is 10.5. The molecule has 4 aliphatic carbocycles. The number of carboxylic acid groups (broad SMARTS) is 1. The summed E-state index contributed by atoms with van der Waals surface area (Å²) < 4.78 is 5.02. The number of benzene rings is 1. The lowest BCUT2D eigenvalue weighted by Crippen LogP contribution is -2.49. The normalized spacial score (nSPS) is 33.4. The van der Waals surface area contributed by atoms with Gasteiger partial charge in [0.15, 0.2) is 5.17 Å². The molecular formula is C26H32N2O5S. The summed E-state index contributed by atoms with van der Waals surface area (Å²) in [5.74, 6) is 0.981. The molecule has 1 heterocycles. The molecular weight excluding hydrogens is 452 g/mol. The van der Waals surface area contributed by atoms with Gasteiger partial charge in [0.05, 0.1) is 24.3 Å². The Morgan fingerprint density at radius 1 is 1.12 bits per heavy atom. The number of aliphatic imine (C=N–C) groups is 1. The highest BCUT2D eigenvalue weighted by molar-refractivity contribution is 8.15. The van der Waals surface area contributed by atoms with E-state index in [1.54, 1.807) is 36.1 Å². The summed E-state index contributed by atoms with van der Waals surface area (Å²) in [6.07, 6.45) is 8.91. The Labute approximate surface area is 204 Å². The number of thioether (sulfide) groups is 1. The molecule has 5 fully saturated rings. The molecule has 1 amide bonds. The zero-order chi connectivity index (χ0) is 23.9. The number of nitrogens with zero attached hydrogens (tertiary/aromatic N) is 2. The van der Waals surface area contributed by atoms with E-state index in [2.05, 4.69) is 4.99 Å². The Balaban J connectivity index is 1.35. The zero-order valence-corrected chi connectivity index (χ0v) is 20.4. The summed E-state index contributed by atoms with van der Waals surface area (Å²) in [5.41, 5.74) is 1.34. The average Bonchev–Trinajstić information content (AvgIpc) is 2.78. The summed E-state index contributed by atoms with van der Waals surface area (Å²) in [7, 11) is 0. The maximum atomic E-state index is 13.0. The van der Waals surface area contributed by atoms with Gasteiger partial charge in [-0.3, -0.25) is 14.5 Å². The molecule has 34 heavy (non-hydrogen) atoms. The molecule has 1 N–H and O–H groups in total. The largest absolute Gasteiger partial charge is 0.480 e. The second-order valence-corrected chi connectivity index (χ2v) is 11.7. The van der Waals surface area contributed by atoms with Crippen molar-refractivity contribution in [2.75, 3.05) is 13.2 Å². The van der Waals surface area contributed by atoms with Gasteiger partial charge in [0.1, 0.15) is 5.25 Å². The zero-order valence-electron chi connectivity index (χ0n) is 19.6. The molecule has 0 aromatic heterocycles. The molecule has 0 unspecified atom stereocenters. The van der Waals surface area contributed by atoms with Gasteiger partial charge < -0.3 is 9.84 Å². The first-order valence-electron chi connectivity index (χ1n) is 12.4. The van der Waals surface area contributed by atoms with Gasteiger partial charge in [-0.05, 0) is 99.3 Å². The van der Waals surface area contributed by atoms with Crippen molar-refractivity contribution in [2.45, 2.75) is 63.5 Å². The number of aliphatic carboxylic acids is 1. The molecule has 1 aliphatic heterocycles. The molecule has 182 valence electrons. The third kappa shape index (κ3) is 4.74. The van der Waals surface area contributed by atoms with E-state index >= 15 is 0 Å². The Morgan fingerprint density at radius 3 is 2.29 bits per heavy atom. The number of carboxylic acids is 1. The first-order valence-corrected chi connectivity index (χ1v) is 13.3. The predicted octanol–water partition coefficient (Wildman–Crippen LogP) is 4.88. The predicted molar refractivity (Wildman–Crippen MR) is 130 cm³/mol. The van der Waals surface area contributed by atoms with Gasteiger partial charge in [0.25, 0.3) is 0 Å². The van der Waals surface area contributed by atoms with E-state index in [1.807, 2.05) is 0 Å². The molecule has 6 rings (SSSR count). The lowest BCUT2D eigenvalue weighted by atomic mass is 9.49. The molecule has 8 heteroatoms. The number of rotatable bonds is 7. The van der Waals surface area contributed by atoms with E-state index in [-0.39, 0.29) is 12.3 Å². The highest BCUT2D eigenvalue weighted by Crippen LogP contribution is 2.61. The van der Waals surface area contributed by atoms with Crippen molar-refractivity contribution in [3.05, 3.63) is 29.8 Å². The van der Waals surface area contributed by atoms with Gasteiger partial charge in [0, 0.05) is 6.54 Å². The number of carbonyl (C=O) groups is 3. The molecule has 1 aromatic rings. The SMILES string of the molecule is CCOC(=O)c1ccc(N=C2S[C@@H](C(=O)O)CC(=O)N2CCC23CC4CC(CC(C4)C2)C3)cc1. The topological polar surface area (TPSA) is 96.3 Å². The van der Waals surface area contributed by atoms with E-state index in [9.17, 15) is 19.5 Å². The number of amides is 1. The fourth-order valence-corrected chi connectivity index (χ4v) is 8.05. The van der Waals surface area contributed by atoms with Gasteiger partial charge >= 0.3 is 11.9 Å². The maximum absolute atomic E-state index is 13.0. The first kappa shape index (κ1) is 23.4. The Hall–Kier alpha value is -2.35. The van der Waals surface area contributed by atoms with E-state index in [4.69, 9.17) is 4.74 Å². The summed E-state index contributed by atoms with van der Waals surface area (Å²) in [5, 5.41) is 9.17. The van der Waals surface area contributed by atoms with Gasteiger partial charge in [-0.1, -0.05) is 11.8 Å². The van der Waals surface area contributed by atoms with E-state index in [0.29, 0.717) is 35.0 Å². The standard InChI is InChI=1S/C26H32N2O5S/c1-2-33-24(32)19-3-5-20(6-4-19)27-25-28(22(29)12-21(34-25)23(30)31)8-7-26-13-16-9-17(14-26)11-18(10-16)15-26/h3-6,16-18,21H,2,7-15H2,1H3,(H,30,31)/t16?,17?,18?,21-,26?/m1/s1. The van der Waals surface area contributed by atoms with Crippen LogP contribution in [0.3, 0.4) is 0 Å². The smallest absolute Gasteiger partial charge is 0.338 e. The number of esters is 1. The van der Waals surface area contributed by atoms with Crippen molar-refractivity contribution in [1.82, 2.24) is 4.90 Å². The quantitative estimate of drug-likeness (QED) is 0.555. The number of hydrogen-bond donors (Lipinski definition) is 1. The Bertz CT molecular complexity index is 970. The summed E-state index contributed by atoms with van der Waals surface area (Å²) in [6.45, 7) is 2.65.